The molecule has 21 heavy (non-hydrogen) atoms. The summed E-state index contributed by atoms with van der Waals surface area (Å²) in [6, 6.07) is 12.1. The first-order valence-corrected chi connectivity index (χ1v) is 6.72. The Labute approximate surface area is 121 Å². The molecule has 2 N–H and O–H groups in total. The molecule has 0 saturated carbocycles. The highest BCUT2D eigenvalue weighted by Crippen LogP contribution is 2.27. The highest BCUT2D eigenvalue weighted by molar-refractivity contribution is 5.99. The summed E-state index contributed by atoms with van der Waals surface area (Å²) >= 11 is 0. The molecule has 0 saturated heterocycles. The Morgan fingerprint density at radius 2 is 1.90 bits per heavy atom. The van der Waals surface area contributed by atoms with E-state index in [1.54, 1.807) is 12.7 Å². The van der Waals surface area contributed by atoms with E-state index in [1.165, 1.54) is 5.56 Å². The second-order valence-corrected chi connectivity index (χ2v) is 4.95. The van der Waals surface area contributed by atoms with Crippen molar-refractivity contribution in [3.63, 3.8) is 0 Å². The zero-order valence-electron chi connectivity index (χ0n) is 11.5. The fraction of sp³-hybridized carbons (Fsp3) is 0.0625. The van der Waals surface area contributed by atoms with Gasteiger partial charge < -0.3 is 10.3 Å². The lowest BCUT2D eigenvalue weighted by atomic mass is 10.1. The molecule has 0 bridgehead atoms. The third kappa shape index (κ3) is 1.99. The van der Waals surface area contributed by atoms with Crippen LogP contribution in [0.5, 0.6) is 0 Å². The van der Waals surface area contributed by atoms with Gasteiger partial charge in [-0.1, -0.05) is 18.2 Å². The van der Waals surface area contributed by atoms with Crippen LogP contribution in [0.15, 0.2) is 49.1 Å². The SMILES string of the molecule is Cc1ccccc1Nc1ncnc2cc3nc[nH]c3cc12. The number of hydrogen-bond donors (Lipinski definition) is 2. The molecule has 2 heterocycles. The molecule has 0 spiro atoms. The Kier molecular flexibility index (Phi) is 2.57. The van der Waals surface area contributed by atoms with Gasteiger partial charge in [0.1, 0.15) is 12.1 Å². The minimum atomic E-state index is 0.797. The highest BCUT2D eigenvalue weighted by atomic mass is 15.0. The predicted octanol–water partition coefficient (Wildman–Crippen LogP) is 3.56. The van der Waals surface area contributed by atoms with Crippen LogP contribution in [-0.4, -0.2) is 19.9 Å². The molecule has 0 aliphatic carbocycles. The van der Waals surface area contributed by atoms with Crippen LogP contribution in [0.2, 0.25) is 0 Å². The van der Waals surface area contributed by atoms with Gasteiger partial charge in [0.05, 0.1) is 22.9 Å². The Bertz CT molecular complexity index is 942. The van der Waals surface area contributed by atoms with Gasteiger partial charge in [-0.15, -0.1) is 0 Å². The molecule has 4 aromatic rings. The van der Waals surface area contributed by atoms with Gasteiger partial charge in [-0.2, -0.15) is 0 Å². The fourth-order valence-corrected chi connectivity index (χ4v) is 2.43. The summed E-state index contributed by atoms with van der Waals surface area (Å²) < 4.78 is 0. The molecule has 2 aromatic heterocycles. The van der Waals surface area contributed by atoms with E-state index < -0.39 is 0 Å². The third-order valence-electron chi connectivity index (χ3n) is 3.57. The number of H-pyrrole nitrogens is 1. The molecule has 2 aromatic carbocycles. The molecule has 5 heteroatoms. The predicted molar refractivity (Wildman–Crippen MR) is 83.7 cm³/mol. The molecular formula is C16H13N5. The molecular weight excluding hydrogens is 262 g/mol. The quantitative estimate of drug-likeness (QED) is 0.587. The lowest BCUT2D eigenvalue weighted by Gasteiger charge is -2.10. The van der Waals surface area contributed by atoms with Crippen molar-refractivity contribution in [1.29, 1.82) is 0 Å². The van der Waals surface area contributed by atoms with E-state index in [1.807, 2.05) is 30.3 Å². The van der Waals surface area contributed by atoms with Crippen molar-refractivity contribution in [2.75, 3.05) is 5.32 Å². The number of nitrogens with zero attached hydrogens (tertiary/aromatic N) is 3. The summed E-state index contributed by atoms with van der Waals surface area (Å²) in [6.45, 7) is 2.07. The zero-order valence-corrected chi connectivity index (χ0v) is 11.5. The molecule has 0 radical (unpaired) electrons. The molecule has 0 aliphatic heterocycles. The first-order chi connectivity index (χ1) is 10.3. The number of fused-ring (bicyclic) bond motifs is 2. The summed E-state index contributed by atoms with van der Waals surface area (Å²) in [5.41, 5.74) is 4.97. The van der Waals surface area contributed by atoms with Gasteiger partial charge >= 0.3 is 0 Å². The molecule has 4 rings (SSSR count). The van der Waals surface area contributed by atoms with Crippen LogP contribution in [0, 0.1) is 6.92 Å². The highest BCUT2D eigenvalue weighted by Gasteiger charge is 2.08. The zero-order chi connectivity index (χ0) is 14.2. The first-order valence-electron chi connectivity index (χ1n) is 6.72. The monoisotopic (exact) mass is 275 g/mol. The average molecular weight is 275 g/mol. The summed E-state index contributed by atoms with van der Waals surface area (Å²) in [5, 5.41) is 4.36. The van der Waals surface area contributed by atoms with Gasteiger partial charge in [-0.3, -0.25) is 0 Å². The molecule has 0 amide bonds. The standard InChI is InChI=1S/C16H13N5/c1-10-4-2-3-5-12(10)21-16-11-6-14-15(19-8-18-14)7-13(11)17-9-20-16/h2-9H,1H3,(H,18,19)(H,17,20,21). The number of aromatic amines is 1. The minimum absolute atomic E-state index is 0.797. The maximum absolute atomic E-state index is 4.38. The first kappa shape index (κ1) is 11.8. The topological polar surface area (TPSA) is 66.5 Å². The van der Waals surface area contributed by atoms with Crippen LogP contribution in [0.4, 0.5) is 11.5 Å². The Morgan fingerprint density at radius 1 is 1.00 bits per heavy atom. The lowest BCUT2D eigenvalue weighted by molar-refractivity contribution is 1.22. The molecule has 102 valence electrons. The van der Waals surface area contributed by atoms with Crippen LogP contribution in [0.25, 0.3) is 21.9 Å². The Morgan fingerprint density at radius 3 is 2.81 bits per heavy atom. The number of anilines is 2. The van der Waals surface area contributed by atoms with Gasteiger partial charge in [-0.25, -0.2) is 15.0 Å². The summed E-state index contributed by atoms with van der Waals surface area (Å²) in [6.07, 6.45) is 3.26. The molecule has 0 unspecified atom stereocenters. The average Bonchev–Trinajstić information content (AvgIpc) is 2.95. The van der Waals surface area contributed by atoms with E-state index in [0.29, 0.717) is 0 Å². The van der Waals surface area contributed by atoms with Crippen molar-refractivity contribution in [2.24, 2.45) is 0 Å². The summed E-state index contributed by atoms with van der Waals surface area (Å²) in [4.78, 5) is 16.1. The summed E-state index contributed by atoms with van der Waals surface area (Å²) in [5.74, 6) is 0.797. The number of rotatable bonds is 2. The van der Waals surface area contributed by atoms with Crippen molar-refractivity contribution in [3.8, 4) is 0 Å². The van der Waals surface area contributed by atoms with Crippen molar-refractivity contribution in [1.82, 2.24) is 19.9 Å². The van der Waals surface area contributed by atoms with E-state index >= 15 is 0 Å². The molecule has 0 fully saturated rings. The number of aromatic nitrogens is 4. The number of para-hydroxylation sites is 1. The minimum Gasteiger partial charge on any atom is -0.345 e. The smallest absolute Gasteiger partial charge is 0.141 e. The van der Waals surface area contributed by atoms with Crippen LogP contribution in [0.1, 0.15) is 5.56 Å². The van der Waals surface area contributed by atoms with Gasteiger partial charge in [0, 0.05) is 11.1 Å². The van der Waals surface area contributed by atoms with E-state index in [2.05, 4.69) is 38.2 Å². The van der Waals surface area contributed by atoms with Crippen molar-refractivity contribution in [3.05, 3.63) is 54.6 Å². The van der Waals surface area contributed by atoms with Crippen molar-refractivity contribution >= 4 is 33.4 Å². The summed E-state index contributed by atoms with van der Waals surface area (Å²) in [7, 11) is 0. The van der Waals surface area contributed by atoms with E-state index in [-0.39, 0.29) is 0 Å². The lowest BCUT2D eigenvalue weighted by Crippen LogP contribution is -1.97. The number of hydrogen-bond acceptors (Lipinski definition) is 4. The Hall–Kier alpha value is -2.95. The largest absolute Gasteiger partial charge is 0.345 e. The normalized spacial score (nSPS) is 11.1. The van der Waals surface area contributed by atoms with Crippen molar-refractivity contribution < 1.29 is 0 Å². The number of benzene rings is 2. The van der Waals surface area contributed by atoms with Gasteiger partial charge in [-0.05, 0) is 30.7 Å². The number of nitrogens with one attached hydrogen (secondary N) is 2. The van der Waals surface area contributed by atoms with E-state index in [0.717, 1.165) is 33.4 Å². The molecule has 5 nitrogen and oxygen atoms in total. The van der Waals surface area contributed by atoms with Gasteiger partial charge in [0.25, 0.3) is 0 Å². The van der Waals surface area contributed by atoms with Crippen LogP contribution >= 0.6 is 0 Å². The van der Waals surface area contributed by atoms with Crippen LogP contribution < -0.4 is 5.32 Å². The number of aryl methyl sites for hydroxylation is 1. The molecule has 0 atom stereocenters. The van der Waals surface area contributed by atoms with Gasteiger partial charge in [0.15, 0.2) is 0 Å². The third-order valence-corrected chi connectivity index (χ3v) is 3.57. The second kappa shape index (κ2) is 4.56. The van der Waals surface area contributed by atoms with E-state index in [4.69, 9.17) is 0 Å². The maximum Gasteiger partial charge on any atom is 0.141 e. The number of imidazole rings is 1. The maximum atomic E-state index is 4.38. The second-order valence-electron chi connectivity index (χ2n) is 4.95. The Balaban J connectivity index is 1.90. The fourth-order valence-electron chi connectivity index (χ4n) is 2.43. The van der Waals surface area contributed by atoms with Crippen molar-refractivity contribution in [2.45, 2.75) is 6.92 Å². The van der Waals surface area contributed by atoms with Crippen LogP contribution in [0.3, 0.4) is 0 Å². The van der Waals surface area contributed by atoms with Gasteiger partial charge in [0.2, 0.25) is 0 Å². The van der Waals surface area contributed by atoms with E-state index in [9.17, 15) is 0 Å². The van der Waals surface area contributed by atoms with Crippen LogP contribution in [-0.2, 0) is 0 Å². The molecule has 0 aliphatic rings.